The van der Waals surface area contributed by atoms with Crippen LogP contribution in [0.5, 0.6) is 5.75 Å². The Balaban J connectivity index is 0.00000243. The molecule has 0 spiro atoms. The van der Waals surface area contributed by atoms with Crippen LogP contribution >= 0.6 is 24.0 Å². The number of nitrogens with zero attached hydrogens (tertiary/aromatic N) is 1. The number of aliphatic imine (C=N–C) groups is 1. The van der Waals surface area contributed by atoms with E-state index in [2.05, 4.69) is 27.8 Å². The lowest BCUT2D eigenvalue weighted by atomic mass is 9.96. The molecule has 7 heteroatoms. The van der Waals surface area contributed by atoms with Gasteiger partial charge in [0.2, 0.25) is 0 Å². The maximum Gasteiger partial charge on any atom is 0.191 e. The molecule has 0 saturated carbocycles. The minimum absolute atomic E-state index is 0. The fraction of sp³-hybridized carbons (Fsp3) is 0.632. The predicted octanol–water partition coefficient (Wildman–Crippen LogP) is 2.70. The van der Waals surface area contributed by atoms with Crippen LogP contribution in [0, 0.1) is 0 Å². The molecule has 26 heavy (non-hydrogen) atoms. The Morgan fingerprint density at radius 1 is 1.31 bits per heavy atom. The topological polar surface area (TPSA) is 64.1 Å². The summed E-state index contributed by atoms with van der Waals surface area (Å²) in [5.74, 6) is 1.72. The highest BCUT2D eigenvalue weighted by molar-refractivity contribution is 14.0. The highest BCUT2D eigenvalue weighted by Crippen LogP contribution is 2.34. The Morgan fingerprint density at radius 3 is 2.88 bits per heavy atom. The van der Waals surface area contributed by atoms with E-state index in [0.29, 0.717) is 31.4 Å². The van der Waals surface area contributed by atoms with Gasteiger partial charge >= 0.3 is 0 Å². The Bertz CT molecular complexity index is 585. The molecule has 2 bridgehead atoms. The van der Waals surface area contributed by atoms with Gasteiger partial charge < -0.3 is 24.8 Å². The summed E-state index contributed by atoms with van der Waals surface area (Å²) in [5.41, 5.74) is 1.16. The van der Waals surface area contributed by atoms with Gasteiger partial charge in [-0.05, 0) is 37.0 Å². The molecule has 1 aromatic carbocycles. The molecule has 6 nitrogen and oxygen atoms in total. The number of fused-ring (bicyclic) bond motifs is 2. The largest absolute Gasteiger partial charge is 0.493 e. The maximum absolute atomic E-state index is 5.89. The monoisotopic (exact) mass is 475 g/mol. The van der Waals surface area contributed by atoms with Gasteiger partial charge in [-0.25, -0.2) is 0 Å². The summed E-state index contributed by atoms with van der Waals surface area (Å²) in [7, 11) is 3.51. The lowest BCUT2D eigenvalue weighted by Crippen LogP contribution is -2.47. The molecule has 2 saturated heterocycles. The molecule has 2 aliphatic heterocycles. The molecule has 3 unspecified atom stereocenters. The second kappa shape index (κ2) is 10.9. The number of methoxy groups -OCH3 is 1. The molecule has 1 aromatic rings. The van der Waals surface area contributed by atoms with Gasteiger partial charge in [0, 0.05) is 33.7 Å². The molecule has 0 aliphatic carbocycles. The van der Waals surface area contributed by atoms with Gasteiger partial charge in [-0.15, -0.1) is 24.0 Å². The quantitative estimate of drug-likeness (QED) is 0.262. The number of ether oxygens (including phenoxy) is 3. The van der Waals surface area contributed by atoms with Gasteiger partial charge in [0.25, 0.3) is 0 Å². The van der Waals surface area contributed by atoms with Crippen LogP contribution in [0.25, 0.3) is 0 Å². The van der Waals surface area contributed by atoms with E-state index in [0.717, 1.165) is 43.1 Å². The third-order valence-electron chi connectivity index (χ3n) is 4.77. The van der Waals surface area contributed by atoms with E-state index < -0.39 is 0 Å². The molecule has 0 amide bonds. The van der Waals surface area contributed by atoms with Crippen molar-refractivity contribution >= 4 is 29.9 Å². The second-order valence-electron chi connectivity index (χ2n) is 6.63. The molecule has 0 aromatic heterocycles. The van der Waals surface area contributed by atoms with Gasteiger partial charge in [-0.2, -0.15) is 0 Å². The lowest BCUT2D eigenvalue weighted by Gasteiger charge is -2.22. The summed E-state index contributed by atoms with van der Waals surface area (Å²) in [4.78, 5) is 4.34. The minimum Gasteiger partial charge on any atom is -0.493 e. The van der Waals surface area contributed by atoms with Crippen molar-refractivity contribution in [1.82, 2.24) is 10.6 Å². The number of nitrogens with one attached hydrogen (secondary N) is 2. The standard InChI is InChI=1S/C19H29N3O3.HI/c1-20-19(22-17-12-16-7-8-18(17)25-16)21-13-14-5-3-6-15(11-14)24-10-4-9-23-2;/h3,5-6,11,16-18H,4,7-10,12-13H2,1-2H3,(H2,20,21,22);1H. The van der Waals surface area contributed by atoms with Crippen LogP contribution in [0.15, 0.2) is 29.3 Å². The van der Waals surface area contributed by atoms with Crippen LogP contribution in [0.2, 0.25) is 0 Å². The third kappa shape index (κ3) is 5.99. The molecule has 0 radical (unpaired) electrons. The number of benzene rings is 1. The van der Waals surface area contributed by atoms with Gasteiger partial charge in [0.15, 0.2) is 5.96 Å². The van der Waals surface area contributed by atoms with Crippen molar-refractivity contribution in [1.29, 1.82) is 0 Å². The van der Waals surface area contributed by atoms with Crippen LogP contribution < -0.4 is 15.4 Å². The predicted molar refractivity (Wildman–Crippen MR) is 113 cm³/mol. The Labute approximate surface area is 173 Å². The highest BCUT2D eigenvalue weighted by atomic mass is 127. The van der Waals surface area contributed by atoms with E-state index in [1.165, 1.54) is 6.42 Å². The van der Waals surface area contributed by atoms with E-state index >= 15 is 0 Å². The van der Waals surface area contributed by atoms with Gasteiger partial charge in [-0.3, -0.25) is 4.99 Å². The Kier molecular flexibility index (Phi) is 8.94. The molecule has 146 valence electrons. The summed E-state index contributed by atoms with van der Waals surface area (Å²) in [5, 5.41) is 6.88. The average Bonchev–Trinajstić information content (AvgIpc) is 3.25. The van der Waals surface area contributed by atoms with E-state index in [1.807, 2.05) is 12.1 Å². The first-order valence-corrected chi connectivity index (χ1v) is 9.12. The fourth-order valence-electron chi connectivity index (χ4n) is 3.48. The summed E-state index contributed by atoms with van der Waals surface area (Å²) < 4.78 is 16.7. The summed E-state index contributed by atoms with van der Waals surface area (Å²) >= 11 is 0. The van der Waals surface area contributed by atoms with Crippen molar-refractivity contribution in [2.75, 3.05) is 27.4 Å². The molecular weight excluding hydrogens is 445 g/mol. The van der Waals surface area contributed by atoms with Crippen molar-refractivity contribution in [3.63, 3.8) is 0 Å². The summed E-state index contributed by atoms with van der Waals surface area (Å²) in [6, 6.07) is 8.52. The highest BCUT2D eigenvalue weighted by Gasteiger charge is 2.41. The smallest absolute Gasteiger partial charge is 0.191 e. The van der Waals surface area contributed by atoms with E-state index in [9.17, 15) is 0 Å². The second-order valence-corrected chi connectivity index (χ2v) is 6.63. The van der Waals surface area contributed by atoms with Crippen molar-refractivity contribution in [2.24, 2.45) is 4.99 Å². The van der Waals surface area contributed by atoms with Crippen molar-refractivity contribution in [2.45, 2.75) is 50.5 Å². The molecule has 2 heterocycles. The third-order valence-corrected chi connectivity index (χ3v) is 4.77. The van der Waals surface area contributed by atoms with Crippen LogP contribution in [0.3, 0.4) is 0 Å². The first-order chi connectivity index (χ1) is 12.3. The van der Waals surface area contributed by atoms with Crippen LogP contribution in [0.4, 0.5) is 0 Å². The Morgan fingerprint density at radius 2 is 2.19 bits per heavy atom. The zero-order valence-corrected chi connectivity index (χ0v) is 17.9. The van der Waals surface area contributed by atoms with Crippen molar-refractivity contribution < 1.29 is 14.2 Å². The van der Waals surface area contributed by atoms with E-state index in [4.69, 9.17) is 14.2 Å². The first kappa shape index (κ1) is 21.2. The van der Waals surface area contributed by atoms with E-state index in [-0.39, 0.29) is 24.0 Å². The molecule has 3 atom stereocenters. The number of guanidine groups is 1. The van der Waals surface area contributed by atoms with Crippen LogP contribution in [-0.2, 0) is 16.0 Å². The first-order valence-electron chi connectivity index (χ1n) is 9.12. The minimum atomic E-state index is 0. The van der Waals surface area contributed by atoms with Crippen LogP contribution in [0.1, 0.15) is 31.2 Å². The maximum atomic E-state index is 5.89. The van der Waals surface area contributed by atoms with Gasteiger partial charge in [0.1, 0.15) is 5.75 Å². The zero-order valence-electron chi connectivity index (χ0n) is 15.6. The van der Waals surface area contributed by atoms with Crippen molar-refractivity contribution in [3.8, 4) is 5.75 Å². The van der Waals surface area contributed by atoms with Crippen LogP contribution in [-0.4, -0.2) is 51.6 Å². The summed E-state index contributed by atoms with van der Waals surface area (Å²) in [6.45, 7) is 2.09. The van der Waals surface area contributed by atoms with Crippen molar-refractivity contribution in [3.05, 3.63) is 29.8 Å². The SMILES string of the molecule is CN=C(NCc1cccc(OCCCOC)c1)NC1CC2CCC1O2.I. The van der Waals surface area contributed by atoms with E-state index in [1.54, 1.807) is 14.2 Å². The normalized spacial score (nSPS) is 24.2. The average molecular weight is 475 g/mol. The molecule has 2 fully saturated rings. The fourth-order valence-corrected chi connectivity index (χ4v) is 3.48. The lowest BCUT2D eigenvalue weighted by molar-refractivity contribution is 0.0992. The van der Waals surface area contributed by atoms with Gasteiger partial charge in [-0.1, -0.05) is 12.1 Å². The number of rotatable bonds is 8. The number of hydrogen-bond acceptors (Lipinski definition) is 4. The molecule has 3 rings (SSSR count). The number of hydrogen-bond donors (Lipinski definition) is 2. The molecule has 2 aliphatic rings. The number of halogens is 1. The summed E-state index contributed by atoms with van der Waals surface area (Å²) in [6.07, 6.45) is 5.10. The van der Waals surface area contributed by atoms with Gasteiger partial charge in [0.05, 0.1) is 24.9 Å². The molecule has 2 N–H and O–H groups in total. The molecular formula is C19H30IN3O3. The Hall–Kier alpha value is -1.06. The zero-order chi connectivity index (χ0) is 17.5.